The van der Waals surface area contributed by atoms with Gasteiger partial charge in [0.15, 0.2) is 23.1 Å². The van der Waals surface area contributed by atoms with Crippen molar-refractivity contribution < 1.29 is 27.6 Å². The van der Waals surface area contributed by atoms with Crippen LogP contribution >= 0.6 is 19.4 Å². The molecular weight excluding hydrogens is 467 g/mol. The quantitative estimate of drug-likeness (QED) is 0.189. The van der Waals surface area contributed by atoms with Gasteiger partial charge < -0.3 is 18.6 Å². The third-order valence-electron chi connectivity index (χ3n) is 4.50. The SMILES string of the molecule is COc1ccc(CCn2c(C)cnc2/C(=C\CCl)OP(=O)(OC(C)C)OC(C)C)cc1OC. The number of phosphoric ester groups is 1. The van der Waals surface area contributed by atoms with Crippen LogP contribution in [0.25, 0.3) is 5.76 Å². The standard InChI is InChI=1S/C23H34ClN2O6P/c1-16(2)30-33(27,31-17(3)4)32-21(10-12-24)23-25-15-18(5)26(23)13-11-19-8-9-20(28-6)22(14-19)29-7/h8-10,14-17H,11-13H2,1-7H3/b21-10+. The second-order valence-electron chi connectivity index (χ2n) is 7.88. The number of hydrogen-bond acceptors (Lipinski definition) is 7. The summed E-state index contributed by atoms with van der Waals surface area (Å²) in [5.41, 5.74) is 1.98. The Kier molecular flexibility index (Phi) is 10.3. The fourth-order valence-electron chi connectivity index (χ4n) is 3.16. The minimum Gasteiger partial charge on any atom is -0.493 e. The zero-order valence-electron chi connectivity index (χ0n) is 20.3. The Hall–Kier alpha value is -1.99. The largest absolute Gasteiger partial charge is 0.530 e. The van der Waals surface area contributed by atoms with E-state index in [1.807, 2.05) is 29.7 Å². The first-order valence-electron chi connectivity index (χ1n) is 10.8. The summed E-state index contributed by atoms with van der Waals surface area (Å²) in [6, 6.07) is 5.80. The summed E-state index contributed by atoms with van der Waals surface area (Å²) >= 11 is 5.99. The highest BCUT2D eigenvalue weighted by Gasteiger charge is 2.34. The zero-order chi connectivity index (χ0) is 24.6. The maximum atomic E-state index is 13.3. The minimum atomic E-state index is -3.90. The number of aromatic nitrogens is 2. The van der Waals surface area contributed by atoms with Gasteiger partial charge in [0.1, 0.15) is 0 Å². The van der Waals surface area contributed by atoms with Gasteiger partial charge in [0.2, 0.25) is 0 Å². The molecule has 0 unspecified atom stereocenters. The first-order valence-corrected chi connectivity index (χ1v) is 12.8. The van der Waals surface area contributed by atoms with Crippen LogP contribution in [0.2, 0.25) is 0 Å². The molecule has 10 heteroatoms. The monoisotopic (exact) mass is 500 g/mol. The van der Waals surface area contributed by atoms with Gasteiger partial charge in [-0.15, -0.1) is 11.6 Å². The van der Waals surface area contributed by atoms with Gasteiger partial charge in [-0.3, -0.25) is 9.05 Å². The van der Waals surface area contributed by atoms with Crippen LogP contribution in [0.3, 0.4) is 0 Å². The topological polar surface area (TPSA) is 81.0 Å². The number of phosphoric acid groups is 1. The van der Waals surface area contributed by atoms with Crippen LogP contribution in [-0.4, -0.2) is 41.9 Å². The van der Waals surface area contributed by atoms with Gasteiger partial charge in [-0.25, -0.2) is 9.55 Å². The van der Waals surface area contributed by atoms with Crippen LogP contribution in [0, 0.1) is 6.92 Å². The fraction of sp³-hybridized carbons (Fsp3) is 0.522. The molecule has 0 radical (unpaired) electrons. The minimum absolute atomic E-state index is 0.139. The number of benzene rings is 1. The maximum Gasteiger partial charge on any atom is 0.530 e. The van der Waals surface area contributed by atoms with Crippen LogP contribution in [0.15, 0.2) is 30.5 Å². The van der Waals surface area contributed by atoms with Gasteiger partial charge in [-0.1, -0.05) is 6.07 Å². The average molecular weight is 501 g/mol. The van der Waals surface area contributed by atoms with Crippen LogP contribution in [-0.2, 0) is 31.1 Å². The molecule has 0 saturated heterocycles. The molecule has 1 aromatic carbocycles. The summed E-state index contributed by atoms with van der Waals surface area (Å²) in [5.74, 6) is 2.22. The molecule has 1 aromatic heterocycles. The molecule has 0 aliphatic heterocycles. The van der Waals surface area contributed by atoms with E-state index >= 15 is 0 Å². The lowest BCUT2D eigenvalue weighted by Crippen LogP contribution is -2.13. The fourth-order valence-corrected chi connectivity index (χ4v) is 4.87. The highest BCUT2D eigenvalue weighted by atomic mass is 35.5. The molecule has 0 spiro atoms. The van der Waals surface area contributed by atoms with E-state index in [1.165, 1.54) is 0 Å². The lowest BCUT2D eigenvalue weighted by molar-refractivity contribution is 0.0971. The molecule has 0 aliphatic rings. The molecule has 0 fully saturated rings. The molecule has 0 aliphatic carbocycles. The van der Waals surface area contributed by atoms with Gasteiger partial charge in [0.25, 0.3) is 0 Å². The number of halogens is 1. The number of imidazole rings is 1. The predicted octanol–water partition coefficient (Wildman–Crippen LogP) is 6.01. The molecule has 0 amide bonds. The van der Waals surface area contributed by atoms with E-state index < -0.39 is 7.82 Å². The molecule has 1 heterocycles. The molecule has 2 aromatic rings. The molecule has 0 atom stereocenters. The van der Waals surface area contributed by atoms with E-state index in [1.54, 1.807) is 54.2 Å². The molecule has 2 rings (SSSR count). The Labute approximate surface area is 201 Å². The number of hydrogen-bond donors (Lipinski definition) is 0. The molecule has 0 saturated carbocycles. The van der Waals surface area contributed by atoms with Crippen LogP contribution in [0.4, 0.5) is 0 Å². The van der Waals surface area contributed by atoms with Crippen molar-refractivity contribution in [2.75, 3.05) is 20.1 Å². The van der Waals surface area contributed by atoms with Crippen LogP contribution in [0.5, 0.6) is 11.5 Å². The Morgan fingerprint density at radius 2 is 1.76 bits per heavy atom. The van der Waals surface area contributed by atoms with Gasteiger partial charge >= 0.3 is 7.82 Å². The van der Waals surface area contributed by atoms with Gasteiger partial charge in [0.05, 0.1) is 26.4 Å². The van der Waals surface area contributed by atoms with Gasteiger partial charge in [-0.05, 0) is 64.8 Å². The highest BCUT2D eigenvalue weighted by Crippen LogP contribution is 2.54. The first kappa shape index (κ1) is 27.3. The summed E-state index contributed by atoms with van der Waals surface area (Å²) in [6.45, 7) is 9.59. The van der Waals surface area contributed by atoms with E-state index in [4.69, 9.17) is 34.6 Å². The Morgan fingerprint density at radius 1 is 1.12 bits per heavy atom. The van der Waals surface area contributed by atoms with Crippen molar-refractivity contribution in [3.8, 4) is 11.5 Å². The molecule has 0 bridgehead atoms. The number of alkyl halides is 1. The highest BCUT2D eigenvalue weighted by molar-refractivity contribution is 7.48. The normalized spacial score (nSPS) is 12.5. The van der Waals surface area contributed by atoms with E-state index in [-0.39, 0.29) is 23.8 Å². The number of rotatable bonds is 13. The Morgan fingerprint density at radius 3 is 2.30 bits per heavy atom. The van der Waals surface area contributed by atoms with E-state index in [2.05, 4.69) is 4.98 Å². The van der Waals surface area contributed by atoms with Crippen molar-refractivity contribution in [1.29, 1.82) is 0 Å². The summed E-state index contributed by atoms with van der Waals surface area (Å²) in [5, 5.41) is 0. The molecule has 0 N–H and O–H groups in total. The maximum absolute atomic E-state index is 13.3. The average Bonchev–Trinajstić information content (AvgIpc) is 3.10. The molecule has 33 heavy (non-hydrogen) atoms. The lowest BCUT2D eigenvalue weighted by Gasteiger charge is -2.23. The summed E-state index contributed by atoms with van der Waals surface area (Å²) < 4.78 is 42.9. The van der Waals surface area contributed by atoms with Crippen molar-refractivity contribution in [3.63, 3.8) is 0 Å². The zero-order valence-corrected chi connectivity index (χ0v) is 22.0. The number of methoxy groups -OCH3 is 2. The number of ether oxygens (including phenoxy) is 2. The second-order valence-corrected chi connectivity index (χ2v) is 9.69. The van der Waals surface area contributed by atoms with Crippen molar-refractivity contribution >= 4 is 25.2 Å². The van der Waals surface area contributed by atoms with E-state index in [0.29, 0.717) is 30.3 Å². The summed E-state index contributed by atoms with van der Waals surface area (Å²) in [4.78, 5) is 4.48. The van der Waals surface area contributed by atoms with Crippen molar-refractivity contribution in [2.45, 2.75) is 59.8 Å². The van der Waals surface area contributed by atoms with Crippen molar-refractivity contribution in [3.05, 3.63) is 47.6 Å². The third kappa shape index (κ3) is 7.78. The second kappa shape index (κ2) is 12.5. The van der Waals surface area contributed by atoms with Crippen LogP contribution < -0.4 is 9.47 Å². The lowest BCUT2D eigenvalue weighted by atomic mass is 10.1. The number of allylic oxidation sites excluding steroid dienone is 1. The van der Waals surface area contributed by atoms with E-state index in [9.17, 15) is 4.57 Å². The number of nitrogens with zero attached hydrogens (tertiary/aromatic N) is 2. The molecule has 8 nitrogen and oxygen atoms in total. The van der Waals surface area contributed by atoms with Gasteiger partial charge in [0, 0.05) is 24.3 Å². The van der Waals surface area contributed by atoms with Crippen molar-refractivity contribution in [1.82, 2.24) is 9.55 Å². The Balaban J connectivity index is 2.32. The smallest absolute Gasteiger partial charge is 0.493 e. The summed E-state index contributed by atoms with van der Waals surface area (Å²) in [7, 11) is -0.688. The molecule has 184 valence electrons. The van der Waals surface area contributed by atoms with Crippen LogP contribution in [0.1, 0.15) is 44.8 Å². The first-order chi connectivity index (χ1) is 15.6. The summed E-state index contributed by atoms with van der Waals surface area (Å²) in [6.07, 6.45) is 3.31. The Bertz CT molecular complexity index is 975. The third-order valence-corrected chi connectivity index (χ3v) is 6.43. The number of aryl methyl sites for hydroxylation is 2. The predicted molar refractivity (Wildman–Crippen MR) is 130 cm³/mol. The van der Waals surface area contributed by atoms with Gasteiger partial charge in [-0.2, -0.15) is 0 Å². The molecular formula is C23H34ClN2O6P. The van der Waals surface area contributed by atoms with Crippen molar-refractivity contribution in [2.24, 2.45) is 0 Å². The van der Waals surface area contributed by atoms with E-state index in [0.717, 1.165) is 11.3 Å².